The van der Waals surface area contributed by atoms with E-state index in [-0.39, 0.29) is 32.7 Å². The number of aryl methyl sites for hydroxylation is 1. The molecule has 0 bridgehead atoms. The van der Waals surface area contributed by atoms with Crippen molar-refractivity contribution in [2.75, 3.05) is 0 Å². The van der Waals surface area contributed by atoms with Crippen molar-refractivity contribution >= 4 is 0 Å². The molecule has 2 aliphatic heterocycles. The Kier molecular flexibility index (Phi) is 2.80. The van der Waals surface area contributed by atoms with Gasteiger partial charge >= 0.3 is 0 Å². The first-order valence-corrected chi connectivity index (χ1v) is 3.15. The molecule has 2 rings (SSSR count). The van der Waals surface area contributed by atoms with Crippen molar-refractivity contribution < 1.29 is 32.7 Å². The molecule has 0 saturated carbocycles. The summed E-state index contributed by atoms with van der Waals surface area (Å²) in [5.41, 5.74) is 2.09. The zero-order chi connectivity index (χ0) is 6.97. The van der Waals surface area contributed by atoms with Crippen LogP contribution < -0.4 is 0 Å². The zero-order valence-corrected chi connectivity index (χ0v) is 9.12. The standard InChI is InChI=1S/C8H7N2.Y/c1-10-5-3-8-7(6-10)2-4-9-8;/h2-5H,1H3;/q-1;. The van der Waals surface area contributed by atoms with Gasteiger partial charge in [-0.15, -0.1) is 17.7 Å². The molecule has 3 heteroatoms. The van der Waals surface area contributed by atoms with Gasteiger partial charge in [-0.2, -0.15) is 0 Å². The molecule has 0 spiro atoms. The second-order valence-corrected chi connectivity index (χ2v) is 2.28. The van der Waals surface area contributed by atoms with E-state index >= 15 is 0 Å². The topological polar surface area (TPSA) is 17.8 Å². The first-order valence-electron chi connectivity index (χ1n) is 3.15. The van der Waals surface area contributed by atoms with Crippen LogP contribution >= 0.6 is 0 Å². The van der Waals surface area contributed by atoms with Gasteiger partial charge in [0.1, 0.15) is 0 Å². The van der Waals surface area contributed by atoms with Gasteiger partial charge in [0.2, 0.25) is 0 Å². The molecule has 0 aromatic carbocycles. The zero-order valence-electron chi connectivity index (χ0n) is 6.28. The fraction of sp³-hybridized carbons (Fsp3) is 0.125. The summed E-state index contributed by atoms with van der Waals surface area (Å²) in [4.78, 5) is 4.12. The van der Waals surface area contributed by atoms with E-state index in [1.807, 2.05) is 29.9 Å². The van der Waals surface area contributed by atoms with Crippen LogP contribution in [0.25, 0.3) is 11.3 Å². The monoisotopic (exact) mass is 220 g/mol. The van der Waals surface area contributed by atoms with Gasteiger partial charge in [0.05, 0.1) is 0 Å². The Morgan fingerprint density at radius 2 is 2.27 bits per heavy atom. The maximum absolute atomic E-state index is 4.12. The van der Waals surface area contributed by atoms with Crippen LogP contribution in [0.3, 0.4) is 0 Å². The van der Waals surface area contributed by atoms with Gasteiger partial charge in [-0.25, -0.2) is 0 Å². The summed E-state index contributed by atoms with van der Waals surface area (Å²) >= 11 is 0. The van der Waals surface area contributed by atoms with Crippen molar-refractivity contribution in [2.24, 2.45) is 7.05 Å². The Hall–Kier alpha value is -0.206. The average Bonchev–Trinajstić information content (AvgIpc) is 2.33. The van der Waals surface area contributed by atoms with Crippen LogP contribution in [-0.4, -0.2) is 9.55 Å². The second kappa shape index (κ2) is 3.46. The predicted octanol–water partition coefficient (Wildman–Crippen LogP) is 1.32. The third-order valence-corrected chi connectivity index (χ3v) is 1.48. The molecular formula is C8H7N2Y-. The minimum atomic E-state index is 0. The van der Waals surface area contributed by atoms with Crippen LogP contribution in [0.1, 0.15) is 0 Å². The molecule has 0 unspecified atom stereocenters. The van der Waals surface area contributed by atoms with Crippen molar-refractivity contribution in [1.29, 1.82) is 0 Å². The molecule has 1 radical (unpaired) electrons. The summed E-state index contributed by atoms with van der Waals surface area (Å²) in [5, 5.41) is 0. The molecule has 0 aromatic rings. The molecule has 0 fully saturated rings. The molecular weight excluding hydrogens is 213 g/mol. The fourth-order valence-electron chi connectivity index (χ4n) is 0.984. The smallest absolute Gasteiger partial charge is 0 e. The molecule has 2 heterocycles. The van der Waals surface area contributed by atoms with E-state index in [0.717, 1.165) is 11.3 Å². The minimum Gasteiger partial charge on any atom is -0.435 e. The summed E-state index contributed by atoms with van der Waals surface area (Å²) in [6, 6.07) is 3.93. The van der Waals surface area contributed by atoms with Crippen LogP contribution in [0.15, 0.2) is 24.5 Å². The van der Waals surface area contributed by atoms with Crippen molar-refractivity contribution in [3.05, 3.63) is 30.7 Å². The Labute approximate surface area is 90.9 Å². The fourth-order valence-corrected chi connectivity index (χ4v) is 0.984. The van der Waals surface area contributed by atoms with Gasteiger partial charge in [-0.05, 0) is 18.9 Å². The molecule has 0 saturated heterocycles. The Bertz CT molecular complexity index is 316. The van der Waals surface area contributed by atoms with Gasteiger partial charge in [0.15, 0.2) is 0 Å². The van der Waals surface area contributed by atoms with Gasteiger partial charge in [0.25, 0.3) is 0 Å². The number of aromatic nitrogens is 2. The van der Waals surface area contributed by atoms with Crippen LogP contribution in [0.2, 0.25) is 0 Å². The molecule has 2 nitrogen and oxygen atoms in total. The number of hydrogen-bond donors (Lipinski definition) is 0. The summed E-state index contributed by atoms with van der Waals surface area (Å²) in [6.45, 7) is 0. The number of hydrogen-bond acceptors (Lipinski definition) is 1. The van der Waals surface area contributed by atoms with Gasteiger partial charge in [-0.3, -0.25) is 0 Å². The van der Waals surface area contributed by atoms with E-state index in [2.05, 4.69) is 11.2 Å². The molecule has 2 aliphatic rings. The van der Waals surface area contributed by atoms with Crippen LogP contribution in [0, 0.1) is 6.20 Å². The van der Waals surface area contributed by atoms with Crippen molar-refractivity contribution in [1.82, 2.24) is 9.55 Å². The SMILES string of the molecule is Cn1[c-]c2ccnc-2cc1.[Y]. The number of fused-ring (bicyclic) bond motifs is 1. The van der Waals surface area contributed by atoms with E-state index in [0.29, 0.717) is 0 Å². The third kappa shape index (κ3) is 1.68. The summed E-state index contributed by atoms with van der Waals surface area (Å²) in [5.74, 6) is 0. The first kappa shape index (κ1) is 8.89. The third-order valence-electron chi connectivity index (χ3n) is 1.48. The Balaban J connectivity index is 0.000000605. The Morgan fingerprint density at radius 1 is 1.45 bits per heavy atom. The Morgan fingerprint density at radius 3 is 3.09 bits per heavy atom. The minimum absolute atomic E-state index is 0. The summed E-state index contributed by atoms with van der Waals surface area (Å²) in [6.07, 6.45) is 6.86. The molecule has 53 valence electrons. The molecule has 0 N–H and O–H groups in total. The first-order chi connectivity index (χ1) is 4.86. The molecule has 0 aliphatic carbocycles. The summed E-state index contributed by atoms with van der Waals surface area (Å²) < 4.78 is 1.89. The van der Waals surface area contributed by atoms with Gasteiger partial charge < -0.3 is 9.55 Å². The predicted molar refractivity (Wildman–Crippen MR) is 38.7 cm³/mol. The van der Waals surface area contributed by atoms with Crippen LogP contribution in [0.5, 0.6) is 0 Å². The normalized spacial score (nSPS) is 9.55. The quantitative estimate of drug-likeness (QED) is 0.612. The van der Waals surface area contributed by atoms with Crippen molar-refractivity contribution in [2.45, 2.75) is 0 Å². The van der Waals surface area contributed by atoms with E-state index in [9.17, 15) is 0 Å². The van der Waals surface area contributed by atoms with Gasteiger partial charge in [0, 0.05) is 32.7 Å². The van der Waals surface area contributed by atoms with Crippen molar-refractivity contribution in [3.63, 3.8) is 0 Å². The molecule has 11 heavy (non-hydrogen) atoms. The second-order valence-electron chi connectivity index (χ2n) is 2.28. The number of pyridine rings is 1. The van der Waals surface area contributed by atoms with Crippen LogP contribution in [-0.2, 0) is 39.8 Å². The van der Waals surface area contributed by atoms with Crippen molar-refractivity contribution in [3.8, 4) is 11.3 Å². The maximum Gasteiger partial charge on any atom is 0 e. The van der Waals surface area contributed by atoms with E-state index in [4.69, 9.17) is 0 Å². The number of rotatable bonds is 0. The summed E-state index contributed by atoms with van der Waals surface area (Å²) in [7, 11) is 1.95. The van der Waals surface area contributed by atoms with Crippen LogP contribution in [0.4, 0.5) is 0 Å². The molecule has 0 amide bonds. The molecule has 0 aromatic heterocycles. The number of nitrogens with zero attached hydrogens (tertiary/aromatic N) is 2. The van der Waals surface area contributed by atoms with E-state index in [1.165, 1.54) is 0 Å². The molecule has 0 atom stereocenters. The van der Waals surface area contributed by atoms with Gasteiger partial charge in [-0.1, -0.05) is 12.4 Å². The maximum atomic E-state index is 4.12. The largest absolute Gasteiger partial charge is 0.435 e. The van der Waals surface area contributed by atoms with E-state index in [1.54, 1.807) is 6.20 Å². The van der Waals surface area contributed by atoms with E-state index < -0.39 is 0 Å². The average molecular weight is 220 g/mol.